The molecule has 0 saturated carbocycles. The maximum Gasteiger partial charge on any atom is 0.0498 e. The lowest BCUT2D eigenvalue weighted by molar-refractivity contribution is 1.41. The van der Waals surface area contributed by atoms with E-state index < -0.39 is 0 Å². The smallest absolute Gasteiger partial charge is 0.0498 e. The zero-order valence-electron chi connectivity index (χ0n) is 3.81. The van der Waals surface area contributed by atoms with E-state index in [1.165, 1.54) is 0 Å². The molecule has 0 unspecified atom stereocenters. The molecule has 0 aromatic carbocycles. The van der Waals surface area contributed by atoms with Crippen LogP contribution in [-0.4, -0.2) is 11.6 Å². The Bertz CT molecular complexity index is 20.8. The van der Waals surface area contributed by atoms with Crippen molar-refractivity contribution in [2.75, 3.05) is 11.6 Å². The normalized spacial score (nSPS) is 9.00. The summed E-state index contributed by atoms with van der Waals surface area (Å²) in [7, 11) is 3.50. The highest BCUT2D eigenvalue weighted by Gasteiger charge is 1.75. The molecule has 6 heavy (non-hydrogen) atoms. The Morgan fingerprint density at radius 2 is 2.17 bits per heavy atom. The summed E-state index contributed by atoms with van der Waals surface area (Å²) in [6, 6.07) is 0. The zero-order valence-corrected chi connectivity index (χ0v) is 5.44. The van der Waals surface area contributed by atoms with E-state index in [2.05, 4.69) is 6.92 Å². The Morgan fingerprint density at radius 1 is 1.50 bits per heavy atom. The molecule has 0 aliphatic rings. The summed E-state index contributed by atoms with van der Waals surface area (Å²) >= 11 is 0. The Morgan fingerprint density at radius 3 is 2.33 bits per heavy atom. The topological polar surface area (TPSA) is 26.0 Å². The Kier molecular flexibility index (Phi) is 6.28. The van der Waals surface area contributed by atoms with E-state index in [4.69, 9.17) is 5.73 Å². The average molecular weight is 123 g/mol. The first-order valence-corrected chi connectivity index (χ1v) is 4.35. The molecule has 0 amide bonds. The zero-order chi connectivity index (χ0) is 4.83. The Balaban J connectivity index is 2.34. The predicted octanol–water partition coefficient (Wildman–Crippen LogP) is 1.30. The van der Waals surface area contributed by atoms with Gasteiger partial charge in [-0.2, -0.15) is 0 Å². The minimum absolute atomic E-state index is 0.735. The van der Waals surface area contributed by atoms with Crippen LogP contribution in [0, 0.1) is 0 Å². The third-order valence-electron chi connectivity index (χ3n) is 0.269. The SMILES string of the molecule is CCSSCN. The quantitative estimate of drug-likeness (QED) is 0.348. The molecule has 0 radical (unpaired) electrons. The summed E-state index contributed by atoms with van der Waals surface area (Å²) in [6.07, 6.45) is 0. The first-order valence-electron chi connectivity index (χ1n) is 1.86. The molecule has 38 valence electrons. The van der Waals surface area contributed by atoms with Crippen LogP contribution >= 0.6 is 21.6 Å². The van der Waals surface area contributed by atoms with Crippen molar-refractivity contribution in [1.82, 2.24) is 0 Å². The number of hydrogen-bond acceptors (Lipinski definition) is 3. The lowest BCUT2D eigenvalue weighted by atomic mass is 11.0. The third-order valence-corrected chi connectivity index (χ3v) is 2.42. The van der Waals surface area contributed by atoms with Crippen LogP contribution in [0.2, 0.25) is 0 Å². The van der Waals surface area contributed by atoms with Gasteiger partial charge in [-0.05, 0) is 0 Å². The summed E-state index contributed by atoms with van der Waals surface area (Å²) in [6.45, 7) is 2.12. The molecule has 0 rings (SSSR count). The predicted molar refractivity (Wildman–Crippen MR) is 34.8 cm³/mol. The molecule has 0 saturated heterocycles. The fraction of sp³-hybridized carbons (Fsp3) is 1.00. The molecule has 0 fully saturated rings. The second-order valence-corrected chi connectivity index (χ2v) is 3.49. The van der Waals surface area contributed by atoms with Crippen molar-refractivity contribution in [2.24, 2.45) is 5.73 Å². The lowest BCUT2D eigenvalue weighted by Gasteiger charge is -1.86. The molecule has 0 aromatic rings. The van der Waals surface area contributed by atoms with E-state index in [1.807, 2.05) is 0 Å². The van der Waals surface area contributed by atoms with Gasteiger partial charge in [0.1, 0.15) is 0 Å². The van der Waals surface area contributed by atoms with Crippen LogP contribution in [0.15, 0.2) is 0 Å². The van der Waals surface area contributed by atoms with Gasteiger partial charge in [0.15, 0.2) is 0 Å². The molecule has 2 N–H and O–H groups in total. The molecular weight excluding hydrogens is 114 g/mol. The first kappa shape index (κ1) is 6.66. The van der Waals surface area contributed by atoms with Crippen LogP contribution in [-0.2, 0) is 0 Å². The molecule has 0 heterocycles. The maximum atomic E-state index is 5.16. The van der Waals surface area contributed by atoms with Gasteiger partial charge in [0.25, 0.3) is 0 Å². The Labute approximate surface area is 46.5 Å². The second-order valence-electron chi connectivity index (χ2n) is 0.691. The van der Waals surface area contributed by atoms with Crippen LogP contribution in [0.1, 0.15) is 6.92 Å². The summed E-state index contributed by atoms with van der Waals surface area (Å²) < 4.78 is 0. The molecule has 0 bridgehead atoms. The fourth-order valence-electron chi connectivity index (χ4n) is 0.131. The third kappa shape index (κ3) is 4.66. The van der Waals surface area contributed by atoms with E-state index >= 15 is 0 Å². The summed E-state index contributed by atoms with van der Waals surface area (Å²) in [5.41, 5.74) is 5.16. The van der Waals surface area contributed by atoms with E-state index in [0.29, 0.717) is 0 Å². The van der Waals surface area contributed by atoms with E-state index in [1.54, 1.807) is 21.6 Å². The van der Waals surface area contributed by atoms with Crippen LogP contribution in [0.3, 0.4) is 0 Å². The highest BCUT2D eigenvalue weighted by atomic mass is 33.1. The summed E-state index contributed by atoms with van der Waals surface area (Å²) in [5.74, 6) is 1.89. The Hall–Kier alpha value is 0.660. The van der Waals surface area contributed by atoms with E-state index in [-0.39, 0.29) is 0 Å². The summed E-state index contributed by atoms with van der Waals surface area (Å²) in [4.78, 5) is 0. The van der Waals surface area contributed by atoms with Gasteiger partial charge in [0, 0.05) is 11.6 Å². The maximum absolute atomic E-state index is 5.16. The minimum atomic E-state index is 0.735. The van der Waals surface area contributed by atoms with Gasteiger partial charge >= 0.3 is 0 Å². The van der Waals surface area contributed by atoms with Crippen LogP contribution in [0.5, 0.6) is 0 Å². The monoisotopic (exact) mass is 123 g/mol. The molecule has 0 aromatic heterocycles. The molecule has 0 aliphatic carbocycles. The number of hydrogen-bond donors (Lipinski definition) is 1. The molecule has 3 heteroatoms. The number of nitrogens with two attached hydrogens (primary N) is 1. The average Bonchev–Trinajstić information content (AvgIpc) is 1.61. The molecule has 0 atom stereocenters. The van der Waals surface area contributed by atoms with Gasteiger partial charge < -0.3 is 5.73 Å². The molecule has 0 spiro atoms. The standard InChI is InChI=1S/C3H9NS2/c1-2-5-6-3-4/h2-4H2,1H3. The second kappa shape index (κ2) is 5.66. The minimum Gasteiger partial charge on any atom is -0.321 e. The largest absolute Gasteiger partial charge is 0.321 e. The van der Waals surface area contributed by atoms with Gasteiger partial charge in [-0.15, -0.1) is 0 Å². The van der Waals surface area contributed by atoms with Gasteiger partial charge in [-0.3, -0.25) is 0 Å². The van der Waals surface area contributed by atoms with Crippen molar-refractivity contribution >= 4 is 21.6 Å². The van der Waals surface area contributed by atoms with E-state index in [0.717, 1.165) is 11.6 Å². The van der Waals surface area contributed by atoms with Crippen LogP contribution in [0.4, 0.5) is 0 Å². The van der Waals surface area contributed by atoms with Crippen molar-refractivity contribution in [3.63, 3.8) is 0 Å². The van der Waals surface area contributed by atoms with Gasteiger partial charge in [-0.25, -0.2) is 0 Å². The van der Waals surface area contributed by atoms with Crippen molar-refractivity contribution in [2.45, 2.75) is 6.92 Å². The molecule has 1 nitrogen and oxygen atoms in total. The van der Waals surface area contributed by atoms with Crippen molar-refractivity contribution in [3.8, 4) is 0 Å². The lowest BCUT2D eigenvalue weighted by Crippen LogP contribution is -1.88. The highest BCUT2D eigenvalue weighted by molar-refractivity contribution is 8.76. The molecule has 0 aliphatic heterocycles. The highest BCUT2D eigenvalue weighted by Crippen LogP contribution is 2.16. The number of rotatable bonds is 3. The summed E-state index contributed by atoms with van der Waals surface area (Å²) in [5, 5.41) is 0. The van der Waals surface area contributed by atoms with Crippen molar-refractivity contribution in [3.05, 3.63) is 0 Å². The fourth-order valence-corrected chi connectivity index (χ4v) is 1.18. The van der Waals surface area contributed by atoms with Crippen LogP contribution in [0.25, 0.3) is 0 Å². The van der Waals surface area contributed by atoms with Crippen LogP contribution < -0.4 is 5.73 Å². The van der Waals surface area contributed by atoms with Crippen molar-refractivity contribution < 1.29 is 0 Å². The van der Waals surface area contributed by atoms with Gasteiger partial charge in [0.2, 0.25) is 0 Å². The van der Waals surface area contributed by atoms with Gasteiger partial charge in [-0.1, -0.05) is 28.5 Å². The first-order chi connectivity index (χ1) is 2.91. The van der Waals surface area contributed by atoms with Crippen molar-refractivity contribution in [1.29, 1.82) is 0 Å². The van der Waals surface area contributed by atoms with E-state index in [9.17, 15) is 0 Å². The molecular formula is C3H9NS2. The van der Waals surface area contributed by atoms with Gasteiger partial charge in [0.05, 0.1) is 0 Å².